The monoisotopic (exact) mass is 315 g/mol. The molecular weight excluding hydrogens is 294 g/mol. The maximum atomic E-state index is 11.4. The Morgan fingerprint density at radius 1 is 1.48 bits per heavy atom. The smallest absolute Gasteiger partial charge is 0.341 e. The van der Waals surface area contributed by atoms with Crippen LogP contribution in [0.25, 0.3) is 0 Å². The van der Waals surface area contributed by atoms with E-state index in [1.165, 1.54) is 7.11 Å². The van der Waals surface area contributed by atoms with Crippen LogP contribution in [-0.2, 0) is 20.0 Å². The van der Waals surface area contributed by atoms with E-state index in [-0.39, 0.29) is 5.97 Å². The maximum absolute atomic E-state index is 11.4. The van der Waals surface area contributed by atoms with Gasteiger partial charge in [0.2, 0.25) is 0 Å². The second-order valence-corrected chi connectivity index (χ2v) is 5.48. The van der Waals surface area contributed by atoms with Crippen LogP contribution in [0, 0.1) is 6.92 Å². The lowest BCUT2D eigenvalue weighted by molar-refractivity contribution is -0.144. The van der Waals surface area contributed by atoms with E-state index in [1.54, 1.807) is 31.7 Å². The Hall–Kier alpha value is -1.47. The summed E-state index contributed by atoms with van der Waals surface area (Å²) in [6, 6.07) is 1.08. The van der Waals surface area contributed by atoms with Crippen molar-refractivity contribution in [2.45, 2.75) is 32.1 Å². The zero-order valence-electron chi connectivity index (χ0n) is 12.5. The van der Waals surface area contributed by atoms with Crippen LogP contribution >= 0.6 is 11.8 Å². The first-order valence-electron chi connectivity index (χ1n) is 6.67. The number of ether oxygens (including phenoxy) is 2. The van der Waals surface area contributed by atoms with Crippen LogP contribution in [-0.4, -0.2) is 37.4 Å². The van der Waals surface area contributed by atoms with Crippen molar-refractivity contribution in [2.24, 2.45) is 5.73 Å². The number of rotatable bonds is 8. The summed E-state index contributed by atoms with van der Waals surface area (Å²) in [5.74, 6) is 1.76. The van der Waals surface area contributed by atoms with Gasteiger partial charge in [0.15, 0.2) is 0 Å². The highest BCUT2D eigenvalue weighted by atomic mass is 32.2. The molecule has 0 radical (unpaired) electrons. The molecule has 1 aromatic heterocycles. The Labute approximate surface area is 128 Å². The summed E-state index contributed by atoms with van der Waals surface area (Å²) < 4.78 is 15.0. The second-order valence-electron chi connectivity index (χ2n) is 4.37. The molecule has 0 amide bonds. The normalized spacial score (nSPS) is 12.0. The van der Waals surface area contributed by atoms with Gasteiger partial charge in [-0.25, -0.2) is 4.79 Å². The van der Waals surface area contributed by atoms with E-state index in [4.69, 9.17) is 14.9 Å². The van der Waals surface area contributed by atoms with Gasteiger partial charge in [0.1, 0.15) is 23.1 Å². The van der Waals surface area contributed by atoms with Crippen LogP contribution in [0.5, 0.6) is 0 Å². The molecule has 0 bridgehead atoms. The van der Waals surface area contributed by atoms with Gasteiger partial charge >= 0.3 is 11.9 Å². The fourth-order valence-electron chi connectivity index (χ4n) is 1.68. The Balaban J connectivity index is 2.36. The van der Waals surface area contributed by atoms with E-state index in [2.05, 4.69) is 4.74 Å². The molecule has 0 aliphatic carbocycles. The Bertz CT molecular complexity index is 486. The highest BCUT2D eigenvalue weighted by molar-refractivity contribution is 7.98. The molecule has 0 aromatic carbocycles. The molecule has 0 fully saturated rings. The summed E-state index contributed by atoms with van der Waals surface area (Å²) in [5.41, 5.74) is 6.14. The third kappa shape index (κ3) is 5.43. The van der Waals surface area contributed by atoms with Crippen LogP contribution in [0.3, 0.4) is 0 Å². The first-order chi connectivity index (χ1) is 9.99. The largest absolute Gasteiger partial charge is 0.465 e. The highest BCUT2D eigenvalue weighted by Crippen LogP contribution is 2.20. The van der Waals surface area contributed by atoms with E-state index in [0.29, 0.717) is 41.6 Å². The number of carbonyl (C=O) groups excluding carboxylic acids is 2. The van der Waals surface area contributed by atoms with Gasteiger partial charge < -0.3 is 19.6 Å². The lowest BCUT2D eigenvalue weighted by atomic mass is 10.2. The molecule has 21 heavy (non-hydrogen) atoms. The van der Waals surface area contributed by atoms with Crippen molar-refractivity contribution >= 4 is 23.7 Å². The molecule has 0 spiro atoms. The van der Waals surface area contributed by atoms with E-state index >= 15 is 0 Å². The van der Waals surface area contributed by atoms with Crippen molar-refractivity contribution in [1.82, 2.24) is 0 Å². The topological polar surface area (TPSA) is 91.8 Å². The first-order valence-corrected chi connectivity index (χ1v) is 7.82. The molecule has 0 saturated heterocycles. The molecule has 2 N–H and O–H groups in total. The van der Waals surface area contributed by atoms with Gasteiger partial charge in [0.05, 0.1) is 19.5 Å². The van der Waals surface area contributed by atoms with Crippen molar-refractivity contribution in [2.75, 3.05) is 19.5 Å². The predicted molar refractivity (Wildman–Crippen MR) is 80.2 cm³/mol. The predicted octanol–water partition coefficient (Wildman–Crippen LogP) is 1.89. The number of esters is 2. The van der Waals surface area contributed by atoms with Gasteiger partial charge in [0.25, 0.3) is 0 Å². The molecule has 1 atom stereocenters. The summed E-state index contributed by atoms with van der Waals surface area (Å²) in [7, 11) is 1.33. The van der Waals surface area contributed by atoms with Gasteiger partial charge in [-0.05, 0) is 32.1 Å². The molecule has 7 heteroatoms. The van der Waals surface area contributed by atoms with Gasteiger partial charge in [-0.2, -0.15) is 11.8 Å². The number of aryl methyl sites for hydroxylation is 1. The van der Waals surface area contributed by atoms with Gasteiger partial charge in [-0.3, -0.25) is 4.79 Å². The van der Waals surface area contributed by atoms with Gasteiger partial charge in [-0.1, -0.05) is 0 Å². The zero-order chi connectivity index (χ0) is 15.8. The van der Waals surface area contributed by atoms with E-state index in [0.717, 1.165) is 0 Å². The van der Waals surface area contributed by atoms with E-state index in [1.807, 2.05) is 0 Å². The molecule has 6 nitrogen and oxygen atoms in total. The lowest BCUT2D eigenvalue weighted by Gasteiger charge is -2.09. The minimum absolute atomic E-state index is 0.335. The highest BCUT2D eigenvalue weighted by Gasteiger charge is 2.16. The summed E-state index contributed by atoms with van der Waals surface area (Å²) in [6.45, 7) is 3.80. The van der Waals surface area contributed by atoms with Crippen molar-refractivity contribution in [3.63, 3.8) is 0 Å². The molecule has 1 aromatic rings. The third-order valence-electron chi connectivity index (χ3n) is 2.78. The average molecular weight is 315 g/mol. The van der Waals surface area contributed by atoms with Crippen molar-refractivity contribution in [3.8, 4) is 0 Å². The molecule has 0 saturated carbocycles. The minimum Gasteiger partial charge on any atom is -0.465 e. The zero-order valence-corrected chi connectivity index (χ0v) is 13.3. The van der Waals surface area contributed by atoms with E-state index in [9.17, 15) is 9.59 Å². The van der Waals surface area contributed by atoms with Crippen molar-refractivity contribution in [1.29, 1.82) is 0 Å². The first kappa shape index (κ1) is 17.6. The summed E-state index contributed by atoms with van der Waals surface area (Å²) in [5, 5.41) is 0. The molecule has 0 aliphatic heterocycles. The van der Waals surface area contributed by atoms with Crippen LogP contribution < -0.4 is 5.73 Å². The molecule has 1 rings (SSSR count). The molecule has 118 valence electrons. The Morgan fingerprint density at radius 3 is 2.81 bits per heavy atom. The van der Waals surface area contributed by atoms with Crippen molar-refractivity contribution in [3.05, 3.63) is 23.2 Å². The standard InChI is InChI=1S/C14H21NO5S/c1-4-19-14(17)12(15)5-6-21-8-10-7-11(9(2)20-10)13(16)18-3/h7,12H,4-6,8,15H2,1-3H3. The molecule has 0 aliphatic rings. The Morgan fingerprint density at radius 2 is 2.19 bits per heavy atom. The number of nitrogens with two attached hydrogens (primary N) is 1. The number of methoxy groups -OCH3 is 1. The van der Waals surface area contributed by atoms with Crippen LogP contribution in [0.15, 0.2) is 10.5 Å². The van der Waals surface area contributed by atoms with Gasteiger partial charge in [-0.15, -0.1) is 0 Å². The molecule has 1 heterocycles. The van der Waals surface area contributed by atoms with Crippen LogP contribution in [0.2, 0.25) is 0 Å². The number of carbonyl (C=O) groups is 2. The molecule has 1 unspecified atom stereocenters. The number of hydrogen-bond acceptors (Lipinski definition) is 7. The summed E-state index contributed by atoms with van der Waals surface area (Å²) >= 11 is 1.58. The molecular formula is C14H21NO5S. The average Bonchev–Trinajstić information content (AvgIpc) is 2.83. The van der Waals surface area contributed by atoms with Crippen LogP contribution in [0.1, 0.15) is 35.2 Å². The van der Waals surface area contributed by atoms with Crippen LogP contribution in [0.4, 0.5) is 0 Å². The Kier molecular flexibility index (Phi) is 7.31. The quantitative estimate of drug-likeness (QED) is 0.578. The third-order valence-corrected chi connectivity index (χ3v) is 3.79. The maximum Gasteiger partial charge on any atom is 0.341 e. The van der Waals surface area contributed by atoms with Gasteiger partial charge in [0, 0.05) is 0 Å². The SMILES string of the molecule is CCOC(=O)C(N)CCSCc1cc(C(=O)OC)c(C)o1. The number of thioether (sulfide) groups is 1. The second kappa shape index (κ2) is 8.74. The fourth-order valence-corrected chi connectivity index (χ4v) is 2.59. The van der Waals surface area contributed by atoms with E-state index < -0.39 is 12.0 Å². The lowest BCUT2D eigenvalue weighted by Crippen LogP contribution is -2.32. The summed E-state index contributed by atoms with van der Waals surface area (Å²) in [6.07, 6.45) is 0.535. The van der Waals surface area contributed by atoms with Crippen molar-refractivity contribution < 1.29 is 23.5 Å². The summed E-state index contributed by atoms with van der Waals surface area (Å²) in [4.78, 5) is 22.8. The number of furan rings is 1. The number of hydrogen-bond donors (Lipinski definition) is 1. The minimum atomic E-state index is -0.596. The fraction of sp³-hybridized carbons (Fsp3) is 0.571.